The van der Waals surface area contributed by atoms with E-state index in [1.165, 1.54) is 0 Å². The molecule has 6 nitrogen and oxygen atoms in total. The molecule has 0 saturated carbocycles. The summed E-state index contributed by atoms with van der Waals surface area (Å²) < 4.78 is 0. The fourth-order valence-corrected chi connectivity index (χ4v) is 2.94. The van der Waals surface area contributed by atoms with Crippen LogP contribution in [0.4, 0.5) is 11.6 Å². The molecule has 0 aliphatic carbocycles. The third kappa shape index (κ3) is 4.08. The summed E-state index contributed by atoms with van der Waals surface area (Å²) in [5.74, 6) is 0.354. The molecule has 0 spiro atoms. The van der Waals surface area contributed by atoms with E-state index in [9.17, 15) is 4.79 Å². The highest BCUT2D eigenvalue weighted by molar-refractivity contribution is 6.31. The van der Waals surface area contributed by atoms with Crippen LogP contribution in [-0.4, -0.2) is 58.9 Å². The van der Waals surface area contributed by atoms with Crippen molar-refractivity contribution in [2.75, 3.05) is 38.5 Å². The Kier molecular flexibility index (Phi) is 5.20. The van der Waals surface area contributed by atoms with Gasteiger partial charge in [0.25, 0.3) is 5.91 Å². The van der Waals surface area contributed by atoms with Gasteiger partial charge in [0.2, 0.25) is 5.95 Å². The van der Waals surface area contributed by atoms with E-state index in [0.29, 0.717) is 29.8 Å². The maximum Gasteiger partial charge on any atom is 0.272 e. The molecule has 1 aliphatic heterocycles. The van der Waals surface area contributed by atoms with E-state index >= 15 is 0 Å². The van der Waals surface area contributed by atoms with Crippen LogP contribution in [0, 0.1) is 13.8 Å². The Labute approximate surface area is 152 Å². The summed E-state index contributed by atoms with van der Waals surface area (Å²) in [6, 6.07) is 7.34. The van der Waals surface area contributed by atoms with Gasteiger partial charge < -0.3 is 15.1 Å². The Hall–Kier alpha value is -2.18. The van der Waals surface area contributed by atoms with Gasteiger partial charge in [0.1, 0.15) is 5.69 Å². The van der Waals surface area contributed by atoms with Gasteiger partial charge in [-0.15, -0.1) is 0 Å². The molecule has 132 valence electrons. The van der Waals surface area contributed by atoms with Crippen molar-refractivity contribution >= 4 is 29.1 Å². The first-order chi connectivity index (χ1) is 11.9. The van der Waals surface area contributed by atoms with Gasteiger partial charge in [-0.1, -0.05) is 17.7 Å². The van der Waals surface area contributed by atoms with E-state index in [0.717, 1.165) is 30.0 Å². The molecule has 1 saturated heterocycles. The quantitative estimate of drug-likeness (QED) is 0.913. The second kappa shape index (κ2) is 7.37. The minimum atomic E-state index is -0.0514. The number of aryl methyl sites for hydroxylation is 1. The Morgan fingerprint density at radius 2 is 1.88 bits per heavy atom. The molecule has 1 aromatic carbocycles. The van der Waals surface area contributed by atoms with Gasteiger partial charge in [-0.2, -0.15) is 0 Å². The predicted octanol–water partition coefficient (Wildman–Crippen LogP) is 2.88. The average Bonchev–Trinajstić information content (AvgIpc) is 2.58. The standard InChI is InChI=1S/C18H22ClN5O/c1-12-11-16(17(25)24-9-7-23(3)8-10-24)22-18(20-12)21-15-6-4-5-14(19)13(15)2/h4-6,11H,7-10H2,1-3H3,(H,20,21,22). The van der Waals surface area contributed by atoms with Crippen LogP contribution in [-0.2, 0) is 0 Å². The molecule has 1 aliphatic rings. The topological polar surface area (TPSA) is 61.4 Å². The Balaban J connectivity index is 1.83. The first kappa shape index (κ1) is 17.6. The summed E-state index contributed by atoms with van der Waals surface area (Å²) in [7, 11) is 2.06. The Morgan fingerprint density at radius 1 is 1.16 bits per heavy atom. The molecule has 7 heteroatoms. The van der Waals surface area contributed by atoms with Crippen LogP contribution in [0.2, 0.25) is 5.02 Å². The van der Waals surface area contributed by atoms with Gasteiger partial charge in [0.15, 0.2) is 0 Å². The zero-order chi connectivity index (χ0) is 18.0. The molecule has 1 amide bonds. The average molecular weight is 360 g/mol. The molecule has 3 rings (SSSR count). The summed E-state index contributed by atoms with van der Waals surface area (Å²) in [5, 5.41) is 3.85. The highest BCUT2D eigenvalue weighted by Crippen LogP contribution is 2.25. The second-order valence-corrected chi connectivity index (χ2v) is 6.76. The van der Waals surface area contributed by atoms with Crippen LogP contribution in [0.5, 0.6) is 0 Å². The minimum absolute atomic E-state index is 0.0514. The highest BCUT2D eigenvalue weighted by Gasteiger charge is 2.22. The number of aromatic nitrogens is 2. The maximum absolute atomic E-state index is 12.8. The number of benzene rings is 1. The van der Waals surface area contributed by atoms with Gasteiger partial charge >= 0.3 is 0 Å². The molecule has 2 heterocycles. The second-order valence-electron chi connectivity index (χ2n) is 6.35. The van der Waals surface area contributed by atoms with E-state index in [-0.39, 0.29) is 5.91 Å². The van der Waals surface area contributed by atoms with Gasteiger partial charge in [0, 0.05) is 42.6 Å². The number of likely N-dealkylation sites (N-methyl/N-ethyl adjacent to an activating group) is 1. The lowest BCUT2D eigenvalue weighted by molar-refractivity contribution is 0.0658. The maximum atomic E-state index is 12.8. The molecule has 0 unspecified atom stereocenters. The third-order valence-electron chi connectivity index (χ3n) is 4.38. The third-order valence-corrected chi connectivity index (χ3v) is 4.79. The van der Waals surface area contributed by atoms with Crippen LogP contribution in [0.3, 0.4) is 0 Å². The molecule has 0 bridgehead atoms. The zero-order valence-corrected chi connectivity index (χ0v) is 15.5. The summed E-state index contributed by atoms with van der Waals surface area (Å²) in [4.78, 5) is 25.6. The van der Waals surface area contributed by atoms with Crippen molar-refractivity contribution in [3.05, 3.63) is 46.2 Å². The number of halogens is 1. The van der Waals surface area contributed by atoms with E-state index < -0.39 is 0 Å². The van der Waals surface area contributed by atoms with Crippen LogP contribution >= 0.6 is 11.6 Å². The SMILES string of the molecule is Cc1cc(C(=O)N2CCN(C)CC2)nc(Nc2cccc(Cl)c2C)n1. The predicted molar refractivity (Wildman–Crippen MR) is 99.6 cm³/mol. The van der Waals surface area contributed by atoms with Gasteiger partial charge in [0.05, 0.1) is 0 Å². The number of nitrogens with zero attached hydrogens (tertiary/aromatic N) is 4. The summed E-state index contributed by atoms with van der Waals surface area (Å²) in [5.41, 5.74) is 2.91. The summed E-state index contributed by atoms with van der Waals surface area (Å²) in [6.45, 7) is 6.98. The van der Waals surface area contributed by atoms with Gasteiger partial charge in [-0.25, -0.2) is 9.97 Å². The fraction of sp³-hybridized carbons (Fsp3) is 0.389. The van der Waals surface area contributed by atoms with E-state index in [2.05, 4.69) is 27.2 Å². The van der Waals surface area contributed by atoms with Crippen LogP contribution in [0.1, 0.15) is 21.7 Å². The molecular weight excluding hydrogens is 338 g/mol. The molecule has 0 radical (unpaired) electrons. The molecule has 1 fully saturated rings. The van der Waals surface area contributed by atoms with Crippen LogP contribution < -0.4 is 5.32 Å². The van der Waals surface area contributed by atoms with Crippen LogP contribution in [0.25, 0.3) is 0 Å². The number of hydrogen-bond acceptors (Lipinski definition) is 5. The van der Waals surface area contributed by atoms with E-state index in [4.69, 9.17) is 11.6 Å². The largest absolute Gasteiger partial charge is 0.335 e. The molecular formula is C18H22ClN5O. The fourth-order valence-electron chi connectivity index (χ4n) is 2.77. The van der Waals surface area contributed by atoms with Crippen molar-refractivity contribution in [3.8, 4) is 0 Å². The monoisotopic (exact) mass is 359 g/mol. The molecule has 2 aromatic rings. The summed E-state index contributed by atoms with van der Waals surface area (Å²) >= 11 is 6.16. The molecule has 1 aromatic heterocycles. The Morgan fingerprint density at radius 3 is 2.60 bits per heavy atom. The number of piperazine rings is 1. The summed E-state index contributed by atoms with van der Waals surface area (Å²) in [6.07, 6.45) is 0. The van der Waals surface area contributed by atoms with Crippen molar-refractivity contribution in [1.82, 2.24) is 19.8 Å². The smallest absolute Gasteiger partial charge is 0.272 e. The van der Waals surface area contributed by atoms with Crippen molar-refractivity contribution < 1.29 is 4.79 Å². The van der Waals surface area contributed by atoms with Crippen molar-refractivity contribution in [2.45, 2.75) is 13.8 Å². The first-order valence-electron chi connectivity index (χ1n) is 8.29. The van der Waals surface area contributed by atoms with Gasteiger partial charge in [-0.05, 0) is 44.7 Å². The normalized spacial score (nSPS) is 15.3. The first-order valence-corrected chi connectivity index (χ1v) is 8.67. The van der Waals surface area contributed by atoms with E-state index in [1.807, 2.05) is 36.9 Å². The molecule has 25 heavy (non-hydrogen) atoms. The highest BCUT2D eigenvalue weighted by atomic mass is 35.5. The number of amides is 1. The molecule has 0 atom stereocenters. The lowest BCUT2D eigenvalue weighted by Gasteiger charge is -2.32. The van der Waals surface area contributed by atoms with E-state index in [1.54, 1.807) is 6.07 Å². The van der Waals surface area contributed by atoms with Crippen LogP contribution in [0.15, 0.2) is 24.3 Å². The minimum Gasteiger partial charge on any atom is -0.335 e. The number of carbonyl (C=O) groups excluding carboxylic acids is 1. The Bertz CT molecular complexity index is 787. The number of anilines is 2. The number of rotatable bonds is 3. The lowest BCUT2D eigenvalue weighted by Crippen LogP contribution is -2.47. The van der Waals surface area contributed by atoms with Gasteiger partial charge in [-0.3, -0.25) is 4.79 Å². The lowest BCUT2D eigenvalue weighted by atomic mass is 10.2. The van der Waals surface area contributed by atoms with Crippen molar-refractivity contribution in [3.63, 3.8) is 0 Å². The molecule has 1 N–H and O–H groups in total. The zero-order valence-electron chi connectivity index (χ0n) is 14.7. The van der Waals surface area contributed by atoms with Crippen molar-refractivity contribution in [1.29, 1.82) is 0 Å². The number of nitrogens with one attached hydrogen (secondary N) is 1. The number of hydrogen-bond donors (Lipinski definition) is 1. The van der Waals surface area contributed by atoms with Crippen molar-refractivity contribution in [2.24, 2.45) is 0 Å². The number of carbonyl (C=O) groups is 1.